The molecule has 0 spiro atoms. The molecule has 0 aromatic heterocycles. The Hall–Kier alpha value is -1.81. The third kappa shape index (κ3) is 5.05. The van der Waals surface area contributed by atoms with Gasteiger partial charge in [-0.15, -0.1) is 0 Å². The molecule has 0 bridgehead atoms. The summed E-state index contributed by atoms with van der Waals surface area (Å²) in [5.41, 5.74) is 2.03. The number of rotatable bonds is 7. The summed E-state index contributed by atoms with van der Waals surface area (Å²) in [6.45, 7) is 4.16. The maximum Gasteiger partial charge on any atom is 0.330 e. The maximum absolute atomic E-state index is 11.4. The van der Waals surface area contributed by atoms with E-state index in [0.717, 1.165) is 23.3 Å². The third-order valence-corrected chi connectivity index (χ3v) is 2.95. The Labute approximate surface area is 120 Å². The second-order valence-corrected chi connectivity index (χ2v) is 4.40. The SMILES string of the molecule is CCOC(=O)/C=C\c1ccc(OC)cc1CC(C)OC. The van der Waals surface area contributed by atoms with Crippen LogP contribution in [0, 0.1) is 0 Å². The number of esters is 1. The number of hydrogen-bond acceptors (Lipinski definition) is 4. The number of carbonyl (C=O) groups excluding carboxylic acids is 1. The summed E-state index contributed by atoms with van der Waals surface area (Å²) in [5.74, 6) is 0.450. The Morgan fingerprint density at radius 1 is 1.35 bits per heavy atom. The zero-order chi connectivity index (χ0) is 15.0. The Kier molecular flexibility index (Phi) is 6.81. The Morgan fingerprint density at radius 2 is 2.10 bits per heavy atom. The number of hydrogen-bond donors (Lipinski definition) is 0. The lowest BCUT2D eigenvalue weighted by atomic mass is 10.0. The van der Waals surface area contributed by atoms with Gasteiger partial charge in [0.05, 0.1) is 19.8 Å². The Balaban J connectivity index is 2.95. The molecule has 4 nitrogen and oxygen atoms in total. The number of benzene rings is 1. The highest BCUT2D eigenvalue weighted by Gasteiger charge is 2.08. The van der Waals surface area contributed by atoms with Gasteiger partial charge in [0.2, 0.25) is 0 Å². The molecule has 1 aromatic rings. The van der Waals surface area contributed by atoms with Gasteiger partial charge in [-0.3, -0.25) is 0 Å². The molecule has 0 amide bonds. The van der Waals surface area contributed by atoms with Crippen molar-refractivity contribution in [1.82, 2.24) is 0 Å². The topological polar surface area (TPSA) is 44.8 Å². The predicted octanol–water partition coefficient (Wildman–Crippen LogP) is 2.85. The average Bonchev–Trinajstić information content (AvgIpc) is 2.46. The van der Waals surface area contributed by atoms with Crippen molar-refractivity contribution in [2.24, 2.45) is 0 Å². The third-order valence-electron chi connectivity index (χ3n) is 2.95. The van der Waals surface area contributed by atoms with E-state index in [1.165, 1.54) is 6.08 Å². The Morgan fingerprint density at radius 3 is 2.70 bits per heavy atom. The van der Waals surface area contributed by atoms with Gasteiger partial charge in [0.1, 0.15) is 5.75 Å². The van der Waals surface area contributed by atoms with Crippen LogP contribution in [-0.4, -0.2) is 32.9 Å². The van der Waals surface area contributed by atoms with Gasteiger partial charge in [0.25, 0.3) is 0 Å². The van der Waals surface area contributed by atoms with Crippen molar-refractivity contribution >= 4 is 12.0 Å². The summed E-state index contributed by atoms with van der Waals surface area (Å²) in [4.78, 5) is 11.4. The first-order chi connectivity index (χ1) is 9.60. The van der Waals surface area contributed by atoms with Gasteiger partial charge in [-0.1, -0.05) is 6.07 Å². The van der Waals surface area contributed by atoms with E-state index in [1.54, 1.807) is 27.2 Å². The van der Waals surface area contributed by atoms with Crippen molar-refractivity contribution in [2.45, 2.75) is 26.4 Å². The fourth-order valence-corrected chi connectivity index (χ4v) is 1.79. The Bertz CT molecular complexity index is 466. The molecule has 20 heavy (non-hydrogen) atoms. The van der Waals surface area contributed by atoms with Crippen LogP contribution in [0.4, 0.5) is 0 Å². The maximum atomic E-state index is 11.4. The largest absolute Gasteiger partial charge is 0.497 e. The van der Waals surface area contributed by atoms with Gasteiger partial charge in [-0.05, 0) is 49.6 Å². The van der Waals surface area contributed by atoms with E-state index in [4.69, 9.17) is 14.2 Å². The quantitative estimate of drug-likeness (QED) is 0.568. The lowest BCUT2D eigenvalue weighted by Crippen LogP contribution is -2.09. The molecule has 0 heterocycles. The molecule has 0 radical (unpaired) electrons. The van der Waals surface area contributed by atoms with Crippen LogP contribution >= 0.6 is 0 Å². The van der Waals surface area contributed by atoms with Gasteiger partial charge >= 0.3 is 5.97 Å². The van der Waals surface area contributed by atoms with Gasteiger partial charge in [0, 0.05) is 13.2 Å². The second kappa shape index (κ2) is 8.38. The zero-order valence-electron chi connectivity index (χ0n) is 12.5. The highest BCUT2D eigenvalue weighted by molar-refractivity contribution is 5.87. The number of ether oxygens (including phenoxy) is 3. The summed E-state index contributed by atoms with van der Waals surface area (Å²) in [5, 5.41) is 0. The monoisotopic (exact) mass is 278 g/mol. The average molecular weight is 278 g/mol. The minimum atomic E-state index is -0.339. The summed E-state index contributed by atoms with van der Waals surface area (Å²) in [6.07, 6.45) is 4.04. The summed E-state index contributed by atoms with van der Waals surface area (Å²) >= 11 is 0. The second-order valence-electron chi connectivity index (χ2n) is 4.40. The van der Waals surface area contributed by atoms with Crippen molar-refractivity contribution in [3.8, 4) is 5.75 Å². The smallest absolute Gasteiger partial charge is 0.330 e. The first kappa shape index (κ1) is 16.2. The molecule has 0 fully saturated rings. The minimum absolute atomic E-state index is 0.0943. The van der Waals surface area contributed by atoms with Crippen molar-refractivity contribution in [3.63, 3.8) is 0 Å². The molecular weight excluding hydrogens is 256 g/mol. The molecule has 0 aliphatic carbocycles. The zero-order valence-corrected chi connectivity index (χ0v) is 12.5. The molecular formula is C16H22O4. The first-order valence-corrected chi connectivity index (χ1v) is 6.65. The highest BCUT2D eigenvalue weighted by Crippen LogP contribution is 2.21. The van der Waals surface area contributed by atoms with Crippen molar-refractivity contribution in [3.05, 3.63) is 35.4 Å². The van der Waals surface area contributed by atoms with Gasteiger partial charge in [-0.2, -0.15) is 0 Å². The molecule has 0 aliphatic heterocycles. The van der Waals surface area contributed by atoms with Crippen LogP contribution in [-0.2, 0) is 20.7 Å². The van der Waals surface area contributed by atoms with Gasteiger partial charge in [-0.25, -0.2) is 4.79 Å². The molecule has 1 rings (SSSR count). The fourth-order valence-electron chi connectivity index (χ4n) is 1.79. The number of carbonyl (C=O) groups is 1. The molecule has 110 valence electrons. The van der Waals surface area contributed by atoms with Crippen molar-refractivity contribution < 1.29 is 19.0 Å². The molecule has 0 saturated carbocycles. The predicted molar refractivity (Wildman–Crippen MR) is 78.8 cm³/mol. The number of methoxy groups -OCH3 is 2. The van der Waals surface area contributed by atoms with Gasteiger partial charge < -0.3 is 14.2 Å². The van der Waals surface area contributed by atoms with Crippen LogP contribution in [0.25, 0.3) is 6.08 Å². The molecule has 1 unspecified atom stereocenters. The van der Waals surface area contributed by atoms with Crippen LogP contribution in [0.15, 0.2) is 24.3 Å². The highest BCUT2D eigenvalue weighted by atomic mass is 16.5. The first-order valence-electron chi connectivity index (χ1n) is 6.65. The van der Waals surface area contributed by atoms with E-state index >= 15 is 0 Å². The van der Waals surface area contributed by atoms with Crippen LogP contribution in [0.2, 0.25) is 0 Å². The van der Waals surface area contributed by atoms with E-state index in [2.05, 4.69) is 0 Å². The van der Waals surface area contributed by atoms with Crippen molar-refractivity contribution in [2.75, 3.05) is 20.8 Å². The molecule has 1 aromatic carbocycles. The lowest BCUT2D eigenvalue weighted by molar-refractivity contribution is -0.137. The van der Waals surface area contributed by atoms with Crippen LogP contribution in [0.5, 0.6) is 5.75 Å². The minimum Gasteiger partial charge on any atom is -0.497 e. The summed E-state index contributed by atoms with van der Waals surface area (Å²) in [6, 6.07) is 5.75. The fraction of sp³-hybridized carbons (Fsp3) is 0.438. The molecule has 0 saturated heterocycles. The van der Waals surface area contributed by atoms with E-state index in [9.17, 15) is 4.79 Å². The van der Waals surface area contributed by atoms with E-state index in [0.29, 0.717) is 6.61 Å². The van der Waals surface area contributed by atoms with E-state index < -0.39 is 0 Å². The van der Waals surface area contributed by atoms with Gasteiger partial charge in [0.15, 0.2) is 0 Å². The van der Waals surface area contributed by atoms with Crippen molar-refractivity contribution in [1.29, 1.82) is 0 Å². The molecule has 0 aliphatic rings. The molecule has 4 heteroatoms. The standard InChI is InChI=1S/C16H22O4/c1-5-20-16(17)9-7-13-6-8-15(19-4)11-14(13)10-12(2)18-3/h6-9,11-12H,5,10H2,1-4H3/b9-7-. The summed E-state index contributed by atoms with van der Waals surface area (Å²) < 4.78 is 15.4. The summed E-state index contributed by atoms with van der Waals surface area (Å²) in [7, 11) is 3.31. The molecule has 1 atom stereocenters. The van der Waals surface area contributed by atoms with Crippen LogP contribution in [0.3, 0.4) is 0 Å². The van der Waals surface area contributed by atoms with E-state index in [1.807, 2.05) is 25.1 Å². The lowest BCUT2D eigenvalue weighted by Gasteiger charge is -2.13. The van der Waals surface area contributed by atoms with Crippen LogP contribution < -0.4 is 4.74 Å². The normalized spacial score (nSPS) is 12.4. The molecule has 0 N–H and O–H groups in total. The van der Waals surface area contributed by atoms with Crippen LogP contribution in [0.1, 0.15) is 25.0 Å². The van der Waals surface area contributed by atoms with E-state index in [-0.39, 0.29) is 12.1 Å².